The van der Waals surface area contributed by atoms with E-state index in [-0.39, 0.29) is 17.6 Å². The second-order valence-electron chi connectivity index (χ2n) is 5.84. The van der Waals surface area contributed by atoms with Crippen molar-refractivity contribution in [1.82, 2.24) is 10.2 Å². The molecule has 2 rings (SSSR count). The van der Waals surface area contributed by atoms with Gasteiger partial charge in [0.15, 0.2) is 0 Å². The van der Waals surface area contributed by atoms with Gasteiger partial charge in [0.25, 0.3) is 0 Å². The molecule has 1 aliphatic heterocycles. The molecule has 1 aliphatic rings. The van der Waals surface area contributed by atoms with E-state index in [1.54, 1.807) is 7.11 Å². The Hall–Kier alpha value is -1.46. The van der Waals surface area contributed by atoms with Gasteiger partial charge in [-0.25, -0.2) is 4.39 Å². The Morgan fingerprint density at radius 2 is 2.18 bits per heavy atom. The van der Waals surface area contributed by atoms with Crippen LogP contribution in [0.4, 0.5) is 4.39 Å². The Morgan fingerprint density at radius 3 is 2.91 bits per heavy atom. The zero-order chi connectivity index (χ0) is 15.8. The Labute approximate surface area is 131 Å². The summed E-state index contributed by atoms with van der Waals surface area (Å²) in [4.78, 5) is 14.4. The number of nitrogens with zero attached hydrogens (tertiary/aromatic N) is 1. The van der Waals surface area contributed by atoms with Crippen LogP contribution in [0.5, 0.6) is 0 Å². The van der Waals surface area contributed by atoms with Crippen LogP contribution in [0.2, 0.25) is 0 Å². The van der Waals surface area contributed by atoms with Gasteiger partial charge in [-0.3, -0.25) is 9.69 Å². The number of hydrogen-bond donors (Lipinski definition) is 1. The fourth-order valence-electron chi connectivity index (χ4n) is 2.83. The summed E-state index contributed by atoms with van der Waals surface area (Å²) in [5, 5.41) is 2.98. The van der Waals surface area contributed by atoms with Gasteiger partial charge in [0.2, 0.25) is 5.91 Å². The van der Waals surface area contributed by atoms with Crippen molar-refractivity contribution in [2.24, 2.45) is 5.92 Å². The van der Waals surface area contributed by atoms with Crippen molar-refractivity contribution in [1.29, 1.82) is 0 Å². The van der Waals surface area contributed by atoms with Crippen LogP contribution in [0, 0.1) is 11.7 Å². The van der Waals surface area contributed by atoms with E-state index in [0.29, 0.717) is 13.2 Å². The number of rotatable bonds is 7. The molecular formula is C17H25FN2O2. The zero-order valence-corrected chi connectivity index (χ0v) is 13.2. The number of hydrogen-bond acceptors (Lipinski definition) is 3. The maximum Gasteiger partial charge on any atom is 0.224 e. The summed E-state index contributed by atoms with van der Waals surface area (Å²) < 4.78 is 17.9. The van der Waals surface area contributed by atoms with Crippen molar-refractivity contribution in [3.8, 4) is 0 Å². The molecule has 0 saturated carbocycles. The van der Waals surface area contributed by atoms with Gasteiger partial charge in [-0.15, -0.1) is 0 Å². The smallest absolute Gasteiger partial charge is 0.224 e. The van der Waals surface area contributed by atoms with Crippen molar-refractivity contribution in [2.45, 2.75) is 25.8 Å². The number of carbonyl (C=O) groups excluding carboxylic acids is 1. The van der Waals surface area contributed by atoms with Crippen LogP contribution in [0.1, 0.15) is 24.8 Å². The number of amides is 1. The van der Waals surface area contributed by atoms with E-state index in [0.717, 1.165) is 44.5 Å². The quantitative estimate of drug-likeness (QED) is 0.785. The van der Waals surface area contributed by atoms with Crippen LogP contribution in [-0.2, 0) is 16.1 Å². The second-order valence-corrected chi connectivity index (χ2v) is 5.84. The maximum absolute atomic E-state index is 12.9. The van der Waals surface area contributed by atoms with E-state index >= 15 is 0 Å². The minimum Gasteiger partial charge on any atom is -0.385 e. The molecule has 1 heterocycles. The van der Waals surface area contributed by atoms with Crippen molar-refractivity contribution in [3.05, 3.63) is 35.6 Å². The molecule has 0 aliphatic carbocycles. The average molecular weight is 308 g/mol. The number of methoxy groups -OCH3 is 1. The molecule has 1 N–H and O–H groups in total. The largest absolute Gasteiger partial charge is 0.385 e. The molecule has 22 heavy (non-hydrogen) atoms. The van der Waals surface area contributed by atoms with Crippen molar-refractivity contribution >= 4 is 5.91 Å². The fraction of sp³-hybridized carbons (Fsp3) is 0.588. The molecule has 1 amide bonds. The number of halogens is 1. The average Bonchev–Trinajstić information content (AvgIpc) is 2.54. The summed E-state index contributed by atoms with van der Waals surface area (Å²) >= 11 is 0. The molecule has 1 atom stereocenters. The Balaban J connectivity index is 1.78. The summed E-state index contributed by atoms with van der Waals surface area (Å²) in [5.74, 6) is -0.0210. The van der Waals surface area contributed by atoms with Gasteiger partial charge in [0, 0.05) is 33.4 Å². The SMILES string of the molecule is COCCCNC(=O)C1CCCN(Cc2ccc(F)cc2)C1. The van der Waals surface area contributed by atoms with Gasteiger partial charge < -0.3 is 10.1 Å². The lowest BCUT2D eigenvalue weighted by Crippen LogP contribution is -2.43. The molecule has 5 heteroatoms. The third-order valence-electron chi connectivity index (χ3n) is 4.02. The van der Waals surface area contributed by atoms with Crippen LogP contribution in [0.25, 0.3) is 0 Å². The molecule has 1 aromatic carbocycles. The van der Waals surface area contributed by atoms with Gasteiger partial charge in [0.1, 0.15) is 5.82 Å². The number of ether oxygens (including phenoxy) is 1. The van der Waals surface area contributed by atoms with Gasteiger partial charge in [0.05, 0.1) is 5.92 Å². The van der Waals surface area contributed by atoms with E-state index in [4.69, 9.17) is 4.74 Å². The lowest BCUT2D eigenvalue weighted by molar-refractivity contribution is -0.126. The lowest BCUT2D eigenvalue weighted by atomic mass is 9.96. The first-order valence-corrected chi connectivity index (χ1v) is 7.92. The lowest BCUT2D eigenvalue weighted by Gasteiger charge is -2.32. The topological polar surface area (TPSA) is 41.6 Å². The van der Waals surface area contributed by atoms with E-state index < -0.39 is 0 Å². The van der Waals surface area contributed by atoms with E-state index in [1.165, 1.54) is 12.1 Å². The zero-order valence-electron chi connectivity index (χ0n) is 13.2. The van der Waals surface area contributed by atoms with Crippen molar-refractivity contribution < 1.29 is 13.9 Å². The van der Waals surface area contributed by atoms with Crippen LogP contribution < -0.4 is 5.32 Å². The first-order valence-electron chi connectivity index (χ1n) is 7.92. The highest BCUT2D eigenvalue weighted by atomic mass is 19.1. The van der Waals surface area contributed by atoms with Gasteiger partial charge in [-0.1, -0.05) is 12.1 Å². The molecule has 1 aromatic rings. The summed E-state index contributed by atoms with van der Waals surface area (Å²) in [5.41, 5.74) is 1.09. The second kappa shape index (κ2) is 8.86. The molecule has 1 unspecified atom stereocenters. The van der Waals surface area contributed by atoms with Crippen LogP contribution in [0.15, 0.2) is 24.3 Å². The molecule has 122 valence electrons. The maximum atomic E-state index is 12.9. The number of likely N-dealkylation sites (tertiary alicyclic amines) is 1. The molecule has 4 nitrogen and oxygen atoms in total. The Morgan fingerprint density at radius 1 is 1.41 bits per heavy atom. The first kappa shape index (κ1) is 16.9. The number of carbonyl (C=O) groups is 1. The predicted octanol–water partition coefficient (Wildman–Crippen LogP) is 2.19. The molecule has 1 saturated heterocycles. The van der Waals surface area contributed by atoms with Gasteiger partial charge >= 0.3 is 0 Å². The van der Waals surface area contributed by atoms with Crippen molar-refractivity contribution in [2.75, 3.05) is 33.4 Å². The highest BCUT2D eigenvalue weighted by Crippen LogP contribution is 2.19. The van der Waals surface area contributed by atoms with Gasteiger partial charge in [-0.2, -0.15) is 0 Å². The Bertz CT molecular complexity index is 464. The first-order chi connectivity index (χ1) is 10.7. The third-order valence-corrected chi connectivity index (χ3v) is 4.02. The Kier molecular flexibility index (Phi) is 6.80. The number of piperidine rings is 1. The predicted molar refractivity (Wildman–Crippen MR) is 83.9 cm³/mol. The monoisotopic (exact) mass is 308 g/mol. The minimum atomic E-state index is -0.212. The van der Waals surface area contributed by atoms with E-state index in [9.17, 15) is 9.18 Å². The molecule has 0 aromatic heterocycles. The normalized spacial score (nSPS) is 19.1. The highest BCUT2D eigenvalue weighted by Gasteiger charge is 2.25. The fourth-order valence-corrected chi connectivity index (χ4v) is 2.83. The van der Waals surface area contributed by atoms with E-state index in [1.807, 2.05) is 12.1 Å². The summed E-state index contributed by atoms with van der Waals surface area (Å²) in [6.45, 7) is 3.87. The molecule has 1 fully saturated rings. The van der Waals surface area contributed by atoms with Crippen LogP contribution in [-0.4, -0.2) is 44.2 Å². The standard InChI is InChI=1S/C17H25FN2O2/c1-22-11-3-9-19-17(21)15-4-2-10-20(13-15)12-14-5-7-16(18)8-6-14/h5-8,15H,2-4,9-13H2,1H3,(H,19,21). The number of benzene rings is 1. The van der Waals surface area contributed by atoms with E-state index in [2.05, 4.69) is 10.2 Å². The minimum absolute atomic E-state index is 0.0525. The third kappa shape index (κ3) is 5.39. The van der Waals surface area contributed by atoms with Crippen LogP contribution >= 0.6 is 0 Å². The molecule has 0 spiro atoms. The van der Waals surface area contributed by atoms with Crippen LogP contribution in [0.3, 0.4) is 0 Å². The summed E-state index contributed by atoms with van der Waals surface area (Å²) in [6.07, 6.45) is 2.81. The summed E-state index contributed by atoms with van der Waals surface area (Å²) in [7, 11) is 1.66. The highest BCUT2D eigenvalue weighted by molar-refractivity contribution is 5.78. The molecule has 0 bridgehead atoms. The summed E-state index contributed by atoms with van der Waals surface area (Å²) in [6, 6.07) is 6.59. The number of nitrogens with one attached hydrogen (secondary N) is 1. The molecule has 0 radical (unpaired) electrons. The van der Waals surface area contributed by atoms with Gasteiger partial charge in [-0.05, 0) is 43.5 Å². The van der Waals surface area contributed by atoms with Crippen molar-refractivity contribution in [3.63, 3.8) is 0 Å². The molecular weight excluding hydrogens is 283 g/mol.